The van der Waals surface area contributed by atoms with Gasteiger partial charge in [0.2, 0.25) is 0 Å². The molecule has 0 heterocycles. The number of benzene rings is 3. The van der Waals surface area contributed by atoms with Gasteiger partial charge in [0.15, 0.2) is 11.5 Å². The lowest BCUT2D eigenvalue weighted by Crippen LogP contribution is -2.39. The van der Waals surface area contributed by atoms with Gasteiger partial charge in [0.1, 0.15) is 6.54 Å². The predicted octanol–water partition coefficient (Wildman–Crippen LogP) is 4.06. The van der Waals surface area contributed by atoms with Crippen molar-refractivity contribution in [3.05, 3.63) is 83.4 Å². The third-order valence-electron chi connectivity index (χ3n) is 5.55. The molecule has 0 fully saturated rings. The Hall–Kier alpha value is -3.85. The van der Waals surface area contributed by atoms with Crippen molar-refractivity contribution in [2.75, 3.05) is 25.1 Å². The first-order valence-electron chi connectivity index (χ1n) is 10.9. The van der Waals surface area contributed by atoms with Gasteiger partial charge in [-0.2, -0.15) is 5.10 Å². The molecule has 3 rings (SSSR count). The van der Waals surface area contributed by atoms with Gasteiger partial charge in [0, 0.05) is 5.56 Å². The molecule has 1 amide bonds. The van der Waals surface area contributed by atoms with Crippen LogP contribution in [0.2, 0.25) is 0 Å². The molecule has 0 spiro atoms. The quantitative estimate of drug-likeness (QED) is 0.357. The molecule has 0 atom stereocenters. The standard InChI is InChI=1S/C26H29N3O5S/c1-18-11-13-22(15-19(18)2)29(35(31,32)23-9-7-6-8-10-23)17-26(30)28-27-20(3)21-12-14-24(33-4)25(16-21)34-5/h6-16H,17H2,1-5H3,(H,28,30)/b27-20+. The van der Waals surface area contributed by atoms with Crippen molar-refractivity contribution in [3.63, 3.8) is 0 Å². The maximum Gasteiger partial charge on any atom is 0.264 e. The summed E-state index contributed by atoms with van der Waals surface area (Å²) in [4.78, 5) is 12.9. The Morgan fingerprint density at radius 1 is 0.914 bits per heavy atom. The van der Waals surface area contributed by atoms with Gasteiger partial charge in [-0.05, 0) is 74.4 Å². The summed E-state index contributed by atoms with van der Waals surface area (Å²) in [6, 6.07) is 18.6. The van der Waals surface area contributed by atoms with Crippen molar-refractivity contribution >= 4 is 27.3 Å². The van der Waals surface area contributed by atoms with E-state index in [0.717, 1.165) is 15.4 Å². The van der Waals surface area contributed by atoms with Gasteiger partial charge < -0.3 is 9.47 Å². The van der Waals surface area contributed by atoms with E-state index < -0.39 is 22.5 Å². The number of hydrogen-bond acceptors (Lipinski definition) is 6. The lowest BCUT2D eigenvalue weighted by Gasteiger charge is -2.24. The smallest absolute Gasteiger partial charge is 0.264 e. The zero-order chi connectivity index (χ0) is 25.6. The zero-order valence-corrected chi connectivity index (χ0v) is 21.2. The van der Waals surface area contributed by atoms with Crippen LogP contribution < -0.4 is 19.2 Å². The Balaban J connectivity index is 1.87. The number of aryl methyl sites for hydroxylation is 2. The summed E-state index contributed by atoms with van der Waals surface area (Å²) >= 11 is 0. The summed E-state index contributed by atoms with van der Waals surface area (Å²) in [7, 11) is -0.915. The van der Waals surface area contributed by atoms with E-state index in [4.69, 9.17) is 9.47 Å². The molecule has 0 aliphatic heterocycles. The highest BCUT2D eigenvalue weighted by atomic mass is 32.2. The number of carbonyl (C=O) groups excluding carboxylic acids is 1. The number of methoxy groups -OCH3 is 2. The first-order valence-corrected chi connectivity index (χ1v) is 12.3. The molecule has 0 saturated heterocycles. The molecule has 1 N–H and O–H groups in total. The van der Waals surface area contributed by atoms with Gasteiger partial charge >= 0.3 is 0 Å². The molecule has 0 aliphatic rings. The average Bonchev–Trinajstić information content (AvgIpc) is 2.87. The third kappa shape index (κ3) is 5.99. The number of amides is 1. The van der Waals surface area contributed by atoms with Gasteiger partial charge in [0.05, 0.1) is 30.5 Å². The van der Waals surface area contributed by atoms with Crippen LogP contribution in [0.5, 0.6) is 11.5 Å². The highest BCUT2D eigenvalue weighted by Gasteiger charge is 2.27. The summed E-state index contributed by atoms with van der Waals surface area (Å²) in [5.74, 6) is 0.520. The third-order valence-corrected chi connectivity index (χ3v) is 7.33. The number of rotatable bonds is 9. The van der Waals surface area contributed by atoms with Gasteiger partial charge in [0.25, 0.3) is 15.9 Å². The number of carbonyl (C=O) groups is 1. The van der Waals surface area contributed by atoms with Gasteiger partial charge in [-0.15, -0.1) is 0 Å². The first kappa shape index (κ1) is 25.8. The maximum absolute atomic E-state index is 13.4. The van der Waals surface area contributed by atoms with E-state index in [1.165, 1.54) is 19.2 Å². The van der Waals surface area contributed by atoms with Crippen molar-refractivity contribution in [1.82, 2.24) is 5.43 Å². The second-order valence-electron chi connectivity index (χ2n) is 7.90. The van der Waals surface area contributed by atoms with E-state index in [0.29, 0.717) is 28.5 Å². The summed E-state index contributed by atoms with van der Waals surface area (Å²) < 4.78 is 38.5. The highest BCUT2D eigenvalue weighted by Crippen LogP contribution is 2.28. The van der Waals surface area contributed by atoms with Crippen LogP contribution in [-0.2, 0) is 14.8 Å². The molecule has 8 nitrogen and oxygen atoms in total. The number of ether oxygens (including phenoxy) is 2. The molecular formula is C26H29N3O5S. The molecule has 0 aromatic heterocycles. The Kier molecular flexibility index (Phi) is 8.14. The Morgan fingerprint density at radius 3 is 2.23 bits per heavy atom. The molecule has 0 radical (unpaired) electrons. The van der Waals surface area contributed by atoms with Crippen LogP contribution in [0.1, 0.15) is 23.6 Å². The molecule has 3 aromatic carbocycles. The van der Waals surface area contributed by atoms with Crippen LogP contribution in [0, 0.1) is 13.8 Å². The van der Waals surface area contributed by atoms with Crippen LogP contribution in [-0.4, -0.2) is 40.8 Å². The van der Waals surface area contributed by atoms with E-state index >= 15 is 0 Å². The van der Waals surface area contributed by atoms with E-state index in [2.05, 4.69) is 10.5 Å². The molecular weight excluding hydrogens is 466 g/mol. The highest BCUT2D eigenvalue weighted by molar-refractivity contribution is 7.92. The van der Waals surface area contributed by atoms with Crippen LogP contribution >= 0.6 is 0 Å². The van der Waals surface area contributed by atoms with Crippen molar-refractivity contribution in [2.24, 2.45) is 5.10 Å². The lowest BCUT2D eigenvalue weighted by atomic mass is 10.1. The fraction of sp³-hybridized carbons (Fsp3) is 0.231. The molecule has 35 heavy (non-hydrogen) atoms. The summed E-state index contributed by atoms with van der Waals surface area (Å²) in [5, 5.41) is 4.16. The van der Waals surface area contributed by atoms with Gasteiger partial charge in [-0.3, -0.25) is 9.10 Å². The van der Waals surface area contributed by atoms with Crippen molar-refractivity contribution in [2.45, 2.75) is 25.7 Å². The lowest BCUT2D eigenvalue weighted by molar-refractivity contribution is -0.119. The molecule has 0 saturated carbocycles. The van der Waals surface area contributed by atoms with E-state index in [1.807, 2.05) is 19.9 Å². The second-order valence-corrected chi connectivity index (χ2v) is 9.76. The monoisotopic (exact) mass is 495 g/mol. The van der Waals surface area contributed by atoms with Crippen molar-refractivity contribution in [1.29, 1.82) is 0 Å². The number of sulfonamides is 1. The van der Waals surface area contributed by atoms with Crippen LogP contribution in [0.15, 0.2) is 76.7 Å². The number of hydrogen-bond donors (Lipinski definition) is 1. The Morgan fingerprint density at radius 2 is 1.60 bits per heavy atom. The summed E-state index contributed by atoms with van der Waals surface area (Å²) in [5.41, 5.74) is 6.03. The van der Waals surface area contributed by atoms with Crippen molar-refractivity contribution in [3.8, 4) is 11.5 Å². The minimum atomic E-state index is -3.99. The number of nitrogens with zero attached hydrogens (tertiary/aromatic N) is 2. The topological polar surface area (TPSA) is 97.3 Å². The Labute approximate surface area is 206 Å². The molecule has 0 bridgehead atoms. The molecule has 0 unspecified atom stereocenters. The Bertz CT molecular complexity index is 1340. The van der Waals surface area contributed by atoms with Crippen LogP contribution in [0.25, 0.3) is 0 Å². The van der Waals surface area contributed by atoms with Crippen LogP contribution in [0.3, 0.4) is 0 Å². The average molecular weight is 496 g/mol. The zero-order valence-electron chi connectivity index (χ0n) is 20.4. The van der Waals surface area contributed by atoms with E-state index in [-0.39, 0.29) is 4.90 Å². The summed E-state index contributed by atoms with van der Waals surface area (Å²) in [6.07, 6.45) is 0. The predicted molar refractivity (Wildman–Crippen MR) is 137 cm³/mol. The molecule has 9 heteroatoms. The van der Waals surface area contributed by atoms with E-state index in [9.17, 15) is 13.2 Å². The maximum atomic E-state index is 13.4. The van der Waals surface area contributed by atoms with Gasteiger partial charge in [-0.25, -0.2) is 13.8 Å². The normalized spacial score (nSPS) is 11.6. The SMILES string of the molecule is COc1ccc(/C(C)=N/NC(=O)CN(c2ccc(C)c(C)c2)S(=O)(=O)c2ccccc2)cc1OC. The van der Waals surface area contributed by atoms with Crippen molar-refractivity contribution < 1.29 is 22.7 Å². The minimum Gasteiger partial charge on any atom is -0.493 e. The fourth-order valence-corrected chi connectivity index (χ4v) is 4.79. The summed E-state index contributed by atoms with van der Waals surface area (Å²) in [6.45, 7) is 5.11. The van der Waals surface area contributed by atoms with Gasteiger partial charge in [-0.1, -0.05) is 24.3 Å². The number of nitrogens with one attached hydrogen (secondary N) is 1. The first-order chi connectivity index (χ1) is 16.7. The molecule has 3 aromatic rings. The fourth-order valence-electron chi connectivity index (χ4n) is 3.35. The van der Waals surface area contributed by atoms with Crippen LogP contribution in [0.4, 0.5) is 5.69 Å². The molecule has 184 valence electrons. The number of hydrazone groups is 1. The largest absolute Gasteiger partial charge is 0.493 e. The molecule has 0 aliphatic carbocycles. The minimum absolute atomic E-state index is 0.0936. The second kappa shape index (κ2) is 11.1. The van der Waals surface area contributed by atoms with E-state index in [1.54, 1.807) is 62.6 Å². The number of anilines is 1.